The van der Waals surface area contributed by atoms with Gasteiger partial charge in [0, 0.05) is 13.1 Å². The predicted molar refractivity (Wildman–Crippen MR) is 61.7 cm³/mol. The number of aromatic nitrogens is 1. The van der Waals surface area contributed by atoms with Gasteiger partial charge in [0.1, 0.15) is 11.6 Å². The van der Waals surface area contributed by atoms with Gasteiger partial charge in [-0.1, -0.05) is 0 Å². The van der Waals surface area contributed by atoms with Crippen molar-refractivity contribution in [1.82, 2.24) is 4.98 Å². The van der Waals surface area contributed by atoms with Crippen molar-refractivity contribution in [3.63, 3.8) is 0 Å². The van der Waals surface area contributed by atoms with Crippen molar-refractivity contribution in [2.45, 2.75) is 0 Å². The highest BCUT2D eigenvalue weighted by atomic mass is 16.6. The van der Waals surface area contributed by atoms with Gasteiger partial charge in [0.05, 0.1) is 30.3 Å². The minimum absolute atomic E-state index is 0.0329. The molecule has 1 fully saturated rings. The Morgan fingerprint density at radius 1 is 1.47 bits per heavy atom. The van der Waals surface area contributed by atoms with E-state index < -0.39 is 4.92 Å². The number of anilines is 2. The molecule has 92 valence electrons. The van der Waals surface area contributed by atoms with Gasteiger partial charge in [-0.05, 0) is 0 Å². The van der Waals surface area contributed by atoms with Crippen molar-refractivity contribution < 1.29 is 9.66 Å². The SMILES string of the molecule is NNc1cc([N+](=O)[O-])cc(N2CCOCC2)n1. The molecule has 17 heavy (non-hydrogen) atoms. The van der Waals surface area contributed by atoms with Crippen LogP contribution in [0.3, 0.4) is 0 Å². The van der Waals surface area contributed by atoms with Gasteiger partial charge in [0.25, 0.3) is 5.69 Å². The number of nitrogens with two attached hydrogens (primary N) is 1. The summed E-state index contributed by atoms with van der Waals surface area (Å²) in [4.78, 5) is 16.4. The van der Waals surface area contributed by atoms with Crippen LogP contribution in [0.15, 0.2) is 12.1 Å². The first kappa shape index (κ1) is 11.6. The van der Waals surface area contributed by atoms with Crippen LogP contribution < -0.4 is 16.2 Å². The van der Waals surface area contributed by atoms with Gasteiger partial charge in [0.2, 0.25) is 0 Å². The average molecular weight is 239 g/mol. The van der Waals surface area contributed by atoms with Crippen LogP contribution in [0, 0.1) is 10.1 Å². The molecule has 0 amide bonds. The van der Waals surface area contributed by atoms with Crippen LogP contribution in [0.1, 0.15) is 0 Å². The van der Waals surface area contributed by atoms with E-state index >= 15 is 0 Å². The molecule has 0 atom stereocenters. The first-order chi connectivity index (χ1) is 8.20. The summed E-state index contributed by atoms with van der Waals surface area (Å²) < 4.78 is 5.21. The minimum atomic E-state index is -0.466. The zero-order valence-electron chi connectivity index (χ0n) is 9.13. The second-order valence-electron chi connectivity index (χ2n) is 3.57. The Balaban J connectivity index is 2.31. The molecule has 2 rings (SSSR count). The molecule has 1 aliphatic heterocycles. The molecular formula is C9H13N5O3. The first-order valence-electron chi connectivity index (χ1n) is 5.16. The number of nitro groups is 1. The fourth-order valence-corrected chi connectivity index (χ4v) is 1.64. The van der Waals surface area contributed by atoms with E-state index in [1.807, 2.05) is 4.90 Å². The molecule has 0 aliphatic carbocycles. The Hall–Kier alpha value is -1.93. The standard InChI is InChI=1S/C9H13N5O3/c10-12-8-5-7(14(15)16)6-9(11-8)13-1-3-17-4-2-13/h5-6H,1-4,10H2,(H,11,12). The summed E-state index contributed by atoms with van der Waals surface area (Å²) in [6, 6.07) is 2.73. The van der Waals surface area contributed by atoms with Crippen molar-refractivity contribution in [3.8, 4) is 0 Å². The van der Waals surface area contributed by atoms with Gasteiger partial charge < -0.3 is 15.1 Å². The lowest BCUT2D eigenvalue weighted by Gasteiger charge is -2.27. The normalized spacial score (nSPS) is 15.7. The fraction of sp³-hybridized carbons (Fsp3) is 0.444. The maximum atomic E-state index is 10.8. The molecule has 8 nitrogen and oxygen atoms in total. The van der Waals surface area contributed by atoms with Crippen molar-refractivity contribution in [3.05, 3.63) is 22.2 Å². The predicted octanol–water partition coefficient (Wildman–Crippen LogP) is 0.112. The summed E-state index contributed by atoms with van der Waals surface area (Å²) in [6.45, 7) is 2.52. The number of nitrogens with one attached hydrogen (secondary N) is 1. The Labute approximate surface area is 97.5 Å². The molecule has 0 radical (unpaired) electrons. The monoisotopic (exact) mass is 239 g/mol. The number of pyridine rings is 1. The average Bonchev–Trinajstić information content (AvgIpc) is 2.39. The van der Waals surface area contributed by atoms with E-state index in [0.717, 1.165) is 0 Å². The van der Waals surface area contributed by atoms with Crippen molar-refractivity contribution in [2.24, 2.45) is 5.84 Å². The van der Waals surface area contributed by atoms with Crippen LogP contribution in [0.25, 0.3) is 0 Å². The van der Waals surface area contributed by atoms with Gasteiger partial charge in [-0.15, -0.1) is 0 Å². The second-order valence-corrected chi connectivity index (χ2v) is 3.57. The number of nitrogen functional groups attached to an aromatic ring is 1. The summed E-state index contributed by atoms with van der Waals surface area (Å²) in [6.07, 6.45) is 0. The summed E-state index contributed by atoms with van der Waals surface area (Å²) >= 11 is 0. The van der Waals surface area contributed by atoms with Gasteiger partial charge in [0.15, 0.2) is 0 Å². The molecule has 0 spiro atoms. The Bertz CT molecular complexity index is 419. The third-order valence-corrected chi connectivity index (χ3v) is 2.49. The maximum absolute atomic E-state index is 10.8. The summed E-state index contributed by atoms with van der Waals surface area (Å²) in [5.41, 5.74) is 2.30. The second kappa shape index (κ2) is 4.93. The quantitative estimate of drug-likeness (QED) is 0.438. The van der Waals surface area contributed by atoms with Crippen LogP contribution >= 0.6 is 0 Å². The van der Waals surface area contributed by atoms with Gasteiger partial charge in [-0.2, -0.15) is 0 Å². The lowest BCUT2D eigenvalue weighted by Crippen LogP contribution is -2.36. The highest BCUT2D eigenvalue weighted by molar-refractivity contribution is 5.55. The van der Waals surface area contributed by atoms with E-state index in [1.165, 1.54) is 12.1 Å². The number of ether oxygens (including phenoxy) is 1. The Morgan fingerprint density at radius 3 is 2.76 bits per heavy atom. The van der Waals surface area contributed by atoms with Crippen LogP contribution in [-0.2, 0) is 4.74 Å². The molecule has 0 bridgehead atoms. The van der Waals surface area contributed by atoms with Crippen LogP contribution in [0.4, 0.5) is 17.3 Å². The highest BCUT2D eigenvalue weighted by Crippen LogP contribution is 2.23. The number of morpholine rings is 1. The van der Waals surface area contributed by atoms with Crippen molar-refractivity contribution >= 4 is 17.3 Å². The van der Waals surface area contributed by atoms with Crippen LogP contribution in [0.5, 0.6) is 0 Å². The fourth-order valence-electron chi connectivity index (χ4n) is 1.64. The maximum Gasteiger partial charge on any atom is 0.276 e. The number of nitrogens with zero attached hydrogens (tertiary/aromatic N) is 3. The van der Waals surface area contributed by atoms with E-state index in [9.17, 15) is 10.1 Å². The smallest absolute Gasteiger partial charge is 0.276 e. The lowest BCUT2D eigenvalue weighted by molar-refractivity contribution is -0.384. The molecule has 0 unspecified atom stereocenters. The number of hydrazine groups is 1. The van der Waals surface area contributed by atoms with E-state index in [0.29, 0.717) is 32.1 Å². The molecule has 8 heteroatoms. The zero-order chi connectivity index (χ0) is 12.3. The molecule has 2 heterocycles. The Morgan fingerprint density at radius 2 is 2.18 bits per heavy atom. The molecule has 1 aromatic rings. The zero-order valence-corrected chi connectivity index (χ0v) is 9.13. The topological polar surface area (TPSA) is 107 Å². The summed E-state index contributed by atoms with van der Waals surface area (Å²) in [5, 5.41) is 10.8. The number of hydrogen-bond acceptors (Lipinski definition) is 7. The molecule has 3 N–H and O–H groups in total. The van der Waals surface area contributed by atoms with Crippen LogP contribution in [-0.4, -0.2) is 36.2 Å². The van der Waals surface area contributed by atoms with Crippen LogP contribution in [0.2, 0.25) is 0 Å². The third kappa shape index (κ3) is 2.60. The van der Waals surface area contributed by atoms with E-state index in [1.54, 1.807) is 0 Å². The lowest BCUT2D eigenvalue weighted by atomic mass is 10.3. The molecule has 1 aromatic heterocycles. The summed E-state index contributed by atoms with van der Waals surface area (Å²) in [5.74, 6) is 6.05. The highest BCUT2D eigenvalue weighted by Gasteiger charge is 2.17. The molecular weight excluding hydrogens is 226 g/mol. The Kier molecular flexibility index (Phi) is 3.35. The third-order valence-electron chi connectivity index (χ3n) is 2.49. The van der Waals surface area contributed by atoms with Gasteiger partial charge >= 0.3 is 0 Å². The number of hydrogen-bond donors (Lipinski definition) is 2. The van der Waals surface area contributed by atoms with Gasteiger partial charge in [-0.3, -0.25) is 10.1 Å². The number of rotatable bonds is 3. The molecule has 0 aromatic carbocycles. The van der Waals surface area contributed by atoms with E-state index in [2.05, 4.69) is 10.4 Å². The molecule has 1 aliphatic rings. The van der Waals surface area contributed by atoms with Crippen molar-refractivity contribution in [2.75, 3.05) is 36.6 Å². The first-order valence-corrected chi connectivity index (χ1v) is 5.16. The summed E-state index contributed by atoms with van der Waals surface area (Å²) in [7, 11) is 0. The van der Waals surface area contributed by atoms with Gasteiger partial charge in [-0.25, -0.2) is 10.8 Å². The van der Waals surface area contributed by atoms with E-state index in [-0.39, 0.29) is 11.5 Å². The minimum Gasteiger partial charge on any atom is -0.378 e. The largest absolute Gasteiger partial charge is 0.378 e. The molecule has 1 saturated heterocycles. The molecule has 0 saturated carbocycles. The van der Waals surface area contributed by atoms with Crippen molar-refractivity contribution in [1.29, 1.82) is 0 Å². The van der Waals surface area contributed by atoms with E-state index in [4.69, 9.17) is 10.6 Å².